The van der Waals surface area contributed by atoms with Crippen LogP contribution in [-0.2, 0) is 16.0 Å². The Labute approximate surface area is 224 Å². The first-order chi connectivity index (χ1) is 18.2. The molecular formula is C30H41FN2O5. The monoisotopic (exact) mass is 528 g/mol. The molecule has 38 heavy (non-hydrogen) atoms. The standard InChI is InChI=1S/C30H41FN2O5/c1-30(10-3-11-30)16-32-28(35)25-19-8-9-20(13-19)26(25)33-27(34)22-14-21(23(31)15-24(22)38-2)12-17-4-6-18(7-5-17)29(36)37/h14-15,17-20,25-26H,3-13,16H2,1-2H3,(H,32,35)(H,33,34)(H,36,37). The Bertz CT molecular complexity index is 1080. The van der Waals surface area contributed by atoms with Crippen molar-refractivity contribution in [1.82, 2.24) is 10.6 Å². The lowest BCUT2D eigenvalue weighted by Crippen LogP contribution is -2.51. The highest BCUT2D eigenvalue weighted by Crippen LogP contribution is 2.49. The highest BCUT2D eigenvalue weighted by atomic mass is 19.1. The molecule has 0 aliphatic heterocycles. The molecule has 8 heteroatoms. The molecule has 208 valence electrons. The maximum Gasteiger partial charge on any atom is 0.306 e. The number of methoxy groups -OCH3 is 1. The molecule has 0 radical (unpaired) electrons. The predicted octanol–water partition coefficient (Wildman–Crippen LogP) is 4.72. The van der Waals surface area contributed by atoms with Crippen molar-refractivity contribution >= 4 is 17.8 Å². The zero-order valence-electron chi connectivity index (χ0n) is 22.6. The van der Waals surface area contributed by atoms with Gasteiger partial charge in [0.25, 0.3) is 5.91 Å². The van der Waals surface area contributed by atoms with Crippen LogP contribution in [-0.4, -0.2) is 42.6 Å². The molecule has 4 aliphatic rings. The molecule has 0 saturated heterocycles. The molecule has 3 N–H and O–H groups in total. The van der Waals surface area contributed by atoms with E-state index in [-0.39, 0.29) is 64.2 Å². The number of carbonyl (C=O) groups excluding carboxylic acids is 2. The van der Waals surface area contributed by atoms with Gasteiger partial charge in [0.15, 0.2) is 0 Å². The van der Waals surface area contributed by atoms with Gasteiger partial charge in [-0.3, -0.25) is 14.4 Å². The Morgan fingerprint density at radius 2 is 1.79 bits per heavy atom. The third-order valence-electron chi connectivity index (χ3n) is 10.1. The van der Waals surface area contributed by atoms with Crippen molar-refractivity contribution < 1.29 is 28.6 Å². The summed E-state index contributed by atoms with van der Waals surface area (Å²) in [7, 11) is 1.42. The van der Waals surface area contributed by atoms with Crippen LogP contribution in [0.15, 0.2) is 12.1 Å². The van der Waals surface area contributed by atoms with Gasteiger partial charge in [-0.05, 0) is 99.0 Å². The van der Waals surface area contributed by atoms with E-state index in [0.29, 0.717) is 31.4 Å². The van der Waals surface area contributed by atoms with E-state index in [1.165, 1.54) is 19.6 Å². The van der Waals surface area contributed by atoms with E-state index in [1.54, 1.807) is 6.07 Å². The van der Waals surface area contributed by atoms with Gasteiger partial charge in [0, 0.05) is 18.7 Å². The molecule has 4 unspecified atom stereocenters. The number of aliphatic carboxylic acids is 1. The average molecular weight is 529 g/mol. The summed E-state index contributed by atoms with van der Waals surface area (Å²) in [6, 6.07) is 2.63. The molecule has 4 fully saturated rings. The van der Waals surface area contributed by atoms with Crippen molar-refractivity contribution in [3.8, 4) is 5.75 Å². The molecule has 2 amide bonds. The molecule has 1 aromatic carbocycles. The van der Waals surface area contributed by atoms with Gasteiger partial charge in [-0.2, -0.15) is 0 Å². The number of carboxylic acids is 1. The Morgan fingerprint density at radius 1 is 1.08 bits per heavy atom. The van der Waals surface area contributed by atoms with Crippen LogP contribution in [0.4, 0.5) is 4.39 Å². The summed E-state index contributed by atoms with van der Waals surface area (Å²) in [6.07, 6.45) is 9.56. The molecule has 1 aromatic rings. The van der Waals surface area contributed by atoms with Crippen molar-refractivity contribution in [2.24, 2.45) is 35.0 Å². The Balaban J connectivity index is 1.28. The summed E-state index contributed by atoms with van der Waals surface area (Å²) in [5, 5.41) is 15.6. The van der Waals surface area contributed by atoms with Crippen LogP contribution in [0, 0.1) is 40.8 Å². The fourth-order valence-electron chi connectivity index (χ4n) is 7.51. The minimum atomic E-state index is -0.761. The maximum absolute atomic E-state index is 15.0. The summed E-state index contributed by atoms with van der Waals surface area (Å²) < 4.78 is 20.4. The van der Waals surface area contributed by atoms with E-state index in [0.717, 1.165) is 44.9 Å². The zero-order chi connectivity index (χ0) is 27.0. The highest BCUT2D eigenvalue weighted by molar-refractivity contribution is 5.98. The molecule has 0 spiro atoms. The first-order valence-electron chi connectivity index (χ1n) is 14.4. The van der Waals surface area contributed by atoms with Gasteiger partial charge in [-0.15, -0.1) is 0 Å². The fourth-order valence-corrected chi connectivity index (χ4v) is 7.51. The number of carboxylic acid groups (broad SMARTS) is 1. The van der Waals surface area contributed by atoms with E-state index in [9.17, 15) is 23.9 Å². The fraction of sp³-hybridized carbons (Fsp3) is 0.700. The predicted molar refractivity (Wildman–Crippen MR) is 140 cm³/mol. The van der Waals surface area contributed by atoms with Gasteiger partial charge in [-0.25, -0.2) is 4.39 Å². The molecule has 7 nitrogen and oxygen atoms in total. The van der Waals surface area contributed by atoms with Gasteiger partial charge >= 0.3 is 5.97 Å². The number of amides is 2. The summed E-state index contributed by atoms with van der Waals surface area (Å²) in [4.78, 5) is 38.1. The normalized spacial score (nSPS) is 31.3. The molecule has 4 aliphatic carbocycles. The van der Waals surface area contributed by atoms with Gasteiger partial charge < -0.3 is 20.5 Å². The molecule has 4 saturated carbocycles. The first-order valence-corrected chi connectivity index (χ1v) is 14.4. The number of hydrogen-bond donors (Lipinski definition) is 3. The zero-order valence-corrected chi connectivity index (χ0v) is 22.6. The molecule has 5 rings (SSSR count). The van der Waals surface area contributed by atoms with Crippen LogP contribution in [0.1, 0.15) is 87.1 Å². The van der Waals surface area contributed by atoms with Crippen LogP contribution in [0.25, 0.3) is 0 Å². The largest absolute Gasteiger partial charge is 0.496 e. The second kappa shape index (κ2) is 10.9. The second-order valence-electron chi connectivity index (χ2n) is 12.6. The number of nitrogens with one attached hydrogen (secondary N) is 2. The molecular weight excluding hydrogens is 487 g/mol. The van der Waals surface area contributed by atoms with Crippen molar-refractivity contribution in [2.75, 3.05) is 13.7 Å². The van der Waals surface area contributed by atoms with Gasteiger partial charge in [0.1, 0.15) is 11.6 Å². The number of carbonyl (C=O) groups is 3. The SMILES string of the molecule is COc1cc(F)c(CC2CCC(C(=O)O)CC2)cc1C(=O)NC1C2CCC(C2)C1C(=O)NCC1(C)CCC1. The number of halogens is 1. The summed E-state index contributed by atoms with van der Waals surface area (Å²) in [5.41, 5.74) is 0.925. The second-order valence-corrected chi connectivity index (χ2v) is 12.6. The number of fused-ring (bicyclic) bond motifs is 2. The lowest BCUT2D eigenvalue weighted by molar-refractivity contribution is -0.143. The number of ether oxygens (including phenoxy) is 1. The quantitative estimate of drug-likeness (QED) is 0.430. The number of rotatable bonds is 9. The highest BCUT2D eigenvalue weighted by Gasteiger charge is 2.51. The minimum Gasteiger partial charge on any atom is -0.496 e. The molecule has 4 atom stereocenters. The Kier molecular flexibility index (Phi) is 7.70. The Morgan fingerprint density at radius 3 is 2.42 bits per heavy atom. The molecule has 0 heterocycles. The van der Waals surface area contributed by atoms with Crippen molar-refractivity contribution in [3.63, 3.8) is 0 Å². The van der Waals surface area contributed by atoms with E-state index in [1.807, 2.05) is 0 Å². The third kappa shape index (κ3) is 5.41. The average Bonchev–Trinajstić information content (AvgIpc) is 3.49. The molecule has 0 aromatic heterocycles. The van der Waals surface area contributed by atoms with E-state index in [2.05, 4.69) is 17.6 Å². The van der Waals surface area contributed by atoms with Crippen LogP contribution < -0.4 is 15.4 Å². The van der Waals surface area contributed by atoms with Gasteiger partial charge in [0.05, 0.1) is 24.5 Å². The minimum absolute atomic E-state index is 0.0411. The first kappa shape index (κ1) is 26.9. The van der Waals surface area contributed by atoms with E-state index < -0.39 is 11.8 Å². The molecule has 2 bridgehead atoms. The van der Waals surface area contributed by atoms with E-state index >= 15 is 0 Å². The summed E-state index contributed by atoms with van der Waals surface area (Å²) in [6.45, 7) is 2.90. The topological polar surface area (TPSA) is 105 Å². The van der Waals surface area contributed by atoms with Crippen molar-refractivity contribution in [1.29, 1.82) is 0 Å². The van der Waals surface area contributed by atoms with Crippen LogP contribution >= 0.6 is 0 Å². The van der Waals surface area contributed by atoms with Gasteiger partial charge in [-0.1, -0.05) is 13.3 Å². The van der Waals surface area contributed by atoms with Gasteiger partial charge in [0.2, 0.25) is 5.91 Å². The van der Waals surface area contributed by atoms with Crippen molar-refractivity contribution in [3.05, 3.63) is 29.1 Å². The van der Waals surface area contributed by atoms with Crippen LogP contribution in [0.3, 0.4) is 0 Å². The number of benzene rings is 1. The summed E-state index contributed by atoms with van der Waals surface area (Å²) >= 11 is 0. The number of hydrogen-bond acceptors (Lipinski definition) is 4. The van der Waals surface area contributed by atoms with Crippen LogP contribution in [0.5, 0.6) is 5.75 Å². The summed E-state index contributed by atoms with van der Waals surface area (Å²) in [5.74, 6) is -1.11. The third-order valence-corrected chi connectivity index (χ3v) is 10.1. The van der Waals surface area contributed by atoms with Crippen molar-refractivity contribution in [2.45, 2.75) is 83.6 Å². The van der Waals surface area contributed by atoms with Crippen LogP contribution in [0.2, 0.25) is 0 Å². The maximum atomic E-state index is 15.0. The lowest BCUT2D eigenvalue weighted by atomic mass is 9.70. The Hall–Kier alpha value is -2.64. The van der Waals surface area contributed by atoms with E-state index in [4.69, 9.17) is 4.74 Å². The smallest absolute Gasteiger partial charge is 0.306 e. The lowest BCUT2D eigenvalue weighted by Gasteiger charge is -2.39.